The van der Waals surface area contributed by atoms with Crippen LogP contribution in [0.25, 0.3) is 0 Å². The Bertz CT molecular complexity index is 459. The molecule has 15 heavy (non-hydrogen) atoms. The molecular formula is C10H17N3O2. The Labute approximate surface area is 88.1 Å². The molecule has 0 bridgehead atoms. The van der Waals surface area contributed by atoms with Crippen molar-refractivity contribution in [3.8, 4) is 0 Å². The van der Waals surface area contributed by atoms with E-state index in [0.717, 1.165) is 6.42 Å². The fraction of sp³-hybridized carbons (Fsp3) is 0.600. The highest BCUT2D eigenvalue weighted by molar-refractivity contribution is 5.26. The second kappa shape index (κ2) is 4.33. The van der Waals surface area contributed by atoms with Crippen molar-refractivity contribution in [2.24, 2.45) is 0 Å². The van der Waals surface area contributed by atoms with E-state index in [1.165, 1.54) is 15.2 Å². The standard InChI is InChI=1S/C10H17N3O2/c1-4-7(3)13-9(14)6-8(11)12(5-2)10(13)15/h6-7H,4-5,11H2,1-3H3. The first-order valence-electron chi connectivity index (χ1n) is 5.14. The van der Waals surface area contributed by atoms with Gasteiger partial charge < -0.3 is 5.73 Å². The molecule has 5 nitrogen and oxygen atoms in total. The number of anilines is 1. The van der Waals surface area contributed by atoms with Crippen LogP contribution in [0.4, 0.5) is 5.82 Å². The van der Waals surface area contributed by atoms with E-state index in [-0.39, 0.29) is 23.1 Å². The molecule has 1 unspecified atom stereocenters. The number of nitrogens with two attached hydrogens (primary N) is 1. The summed E-state index contributed by atoms with van der Waals surface area (Å²) in [7, 11) is 0. The monoisotopic (exact) mass is 211 g/mol. The van der Waals surface area contributed by atoms with E-state index in [9.17, 15) is 9.59 Å². The van der Waals surface area contributed by atoms with E-state index < -0.39 is 0 Å². The second-order valence-corrected chi connectivity index (χ2v) is 3.56. The number of nitrogen functional groups attached to an aromatic ring is 1. The topological polar surface area (TPSA) is 70.0 Å². The smallest absolute Gasteiger partial charge is 0.332 e. The molecule has 1 atom stereocenters. The second-order valence-electron chi connectivity index (χ2n) is 3.56. The maximum absolute atomic E-state index is 11.9. The zero-order valence-electron chi connectivity index (χ0n) is 9.36. The first-order valence-corrected chi connectivity index (χ1v) is 5.14. The first-order chi connectivity index (χ1) is 7.02. The van der Waals surface area contributed by atoms with Gasteiger partial charge in [0.1, 0.15) is 5.82 Å². The SMILES string of the molecule is CCC(C)n1c(=O)cc(N)n(CC)c1=O. The Balaban J connectivity index is 3.53. The molecule has 0 saturated carbocycles. The third-order valence-corrected chi connectivity index (χ3v) is 2.61. The molecule has 0 spiro atoms. The van der Waals surface area contributed by atoms with Crippen molar-refractivity contribution >= 4 is 5.82 Å². The van der Waals surface area contributed by atoms with Crippen LogP contribution in [0.15, 0.2) is 15.7 Å². The highest BCUT2D eigenvalue weighted by Crippen LogP contribution is 2.04. The van der Waals surface area contributed by atoms with Crippen molar-refractivity contribution in [3.05, 3.63) is 26.9 Å². The number of hydrogen-bond donors (Lipinski definition) is 1. The minimum absolute atomic E-state index is 0.0941. The molecule has 0 fully saturated rings. The molecule has 84 valence electrons. The van der Waals surface area contributed by atoms with Gasteiger partial charge in [0.25, 0.3) is 5.56 Å². The molecule has 1 aromatic rings. The summed E-state index contributed by atoms with van der Waals surface area (Å²) in [5.41, 5.74) is 4.95. The highest BCUT2D eigenvalue weighted by Gasteiger charge is 2.12. The Morgan fingerprint density at radius 2 is 2.00 bits per heavy atom. The van der Waals surface area contributed by atoms with E-state index in [4.69, 9.17) is 5.73 Å². The van der Waals surface area contributed by atoms with Crippen LogP contribution in [-0.2, 0) is 6.54 Å². The molecule has 0 saturated heterocycles. The van der Waals surface area contributed by atoms with Crippen LogP contribution in [0, 0.1) is 0 Å². The number of rotatable bonds is 3. The van der Waals surface area contributed by atoms with Crippen LogP contribution in [0.5, 0.6) is 0 Å². The van der Waals surface area contributed by atoms with Crippen molar-refractivity contribution < 1.29 is 0 Å². The highest BCUT2D eigenvalue weighted by atomic mass is 16.2. The molecule has 0 aliphatic rings. The fourth-order valence-electron chi connectivity index (χ4n) is 1.51. The van der Waals surface area contributed by atoms with Gasteiger partial charge >= 0.3 is 5.69 Å². The van der Waals surface area contributed by atoms with Gasteiger partial charge in [0.05, 0.1) is 0 Å². The molecule has 0 amide bonds. The molecule has 1 rings (SSSR count). The van der Waals surface area contributed by atoms with Gasteiger partial charge in [0.2, 0.25) is 0 Å². The summed E-state index contributed by atoms with van der Waals surface area (Å²) in [5.74, 6) is 0.229. The van der Waals surface area contributed by atoms with Crippen molar-refractivity contribution in [1.82, 2.24) is 9.13 Å². The number of nitrogens with zero attached hydrogens (tertiary/aromatic N) is 2. The van der Waals surface area contributed by atoms with Crippen LogP contribution in [0.1, 0.15) is 33.2 Å². The lowest BCUT2D eigenvalue weighted by Crippen LogP contribution is -2.41. The Morgan fingerprint density at radius 1 is 1.40 bits per heavy atom. The predicted molar refractivity (Wildman–Crippen MR) is 60.1 cm³/mol. The number of aromatic nitrogens is 2. The summed E-state index contributed by atoms with van der Waals surface area (Å²) in [6, 6.07) is 1.21. The molecule has 1 heterocycles. The van der Waals surface area contributed by atoms with Crippen LogP contribution in [-0.4, -0.2) is 9.13 Å². The minimum atomic E-state index is -0.323. The molecule has 5 heteroatoms. The summed E-state index contributed by atoms with van der Waals surface area (Å²) in [4.78, 5) is 23.5. The lowest BCUT2D eigenvalue weighted by atomic mass is 10.2. The van der Waals surface area contributed by atoms with Gasteiger partial charge in [0.15, 0.2) is 0 Å². The first kappa shape index (κ1) is 11.6. The van der Waals surface area contributed by atoms with Gasteiger partial charge in [0, 0.05) is 18.7 Å². The van der Waals surface area contributed by atoms with Crippen molar-refractivity contribution in [1.29, 1.82) is 0 Å². The Kier molecular flexibility index (Phi) is 3.34. The van der Waals surface area contributed by atoms with E-state index in [1.54, 1.807) is 0 Å². The van der Waals surface area contributed by atoms with Crippen LogP contribution < -0.4 is 17.0 Å². The lowest BCUT2D eigenvalue weighted by molar-refractivity contribution is 0.468. The van der Waals surface area contributed by atoms with Gasteiger partial charge in [-0.25, -0.2) is 4.79 Å². The molecule has 0 aliphatic carbocycles. The van der Waals surface area contributed by atoms with E-state index in [0.29, 0.717) is 6.54 Å². The quantitative estimate of drug-likeness (QED) is 0.795. The molecule has 0 aromatic carbocycles. The predicted octanol–water partition coefficient (Wildman–Crippen LogP) is 0.583. The van der Waals surface area contributed by atoms with E-state index in [1.807, 2.05) is 20.8 Å². The Morgan fingerprint density at radius 3 is 2.47 bits per heavy atom. The lowest BCUT2D eigenvalue weighted by Gasteiger charge is -2.15. The zero-order valence-corrected chi connectivity index (χ0v) is 9.36. The summed E-state index contributed by atoms with van der Waals surface area (Å²) in [6.07, 6.45) is 0.739. The third kappa shape index (κ3) is 1.95. The molecule has 0 aliphatic heterocycles. The van der Waals surface area contributed by atoms with Gasteiger partial charge in [-0.1, -0.05) is 6.92 Å². The summed E-state index contributed by atoms with van der Waals surface area (Å²) in [6.45, 7) is 6.08. The molecule has 1 aromatic heterocycles. The minimum Gasteiger partial charge on any atom is -0.385 e. The maximum atomic E-state index is 11.9. The van der Waals surface area contributed by atoms with Gasteiger partial charge in [-0.15, -0.1) is 0 Å². The average molecular weight is 211 g/mol. The zero-order chi connectivity index (χ0) is 11.6. The number of hydrogen-bond acceptors (Lipinski definition) is 3. The van der Waals surface area contributed by atoms with Crippen molar-refractivity contribution in [2.75, 3.05) is 5.73 Å². The summed E-state index contributed by atoms with van der Waals surface area (Å²) >= 11 is 0. The third-order valence-electron chi connectivity index (χ3n) is 2.61. The van der Waals surface area contributed by atoms with E-state index in [2.05, 4.69) is 0 Å². The van der Waals surface area contributed by atoms with Gasteiger partial charge in [-0.3, -0.25) is 13.9 Å². The van der Waals surface area contributed by atoms with Crippen molar-refractivity contribution in [3.63, 3.8) is 0 Å². The molecular weight excluding hydrogens is 194 g/mol. The fourth-order valence-corrected chi connectivity index (χ4v) is 1.51. The summed E-state index contributed by atoms with van der Waals surface area (Å²) in [5, 5.41) is 0. The molecule has 2 N–H and O–H groups in total. The van der Waals surface area contributed by atoms with Crippen LogP contribution >= 0.6 is 0 Å². The van der Waals surface area contributed by atoms with Crippen molar-refractivity contribution in [2.45, 2.75) is 39.8 Å². The van der Waals surface area contributed by atoms with E-state index >= 15 is 0 Å². The normalized spacial score (nSPS) is 12.7. The van der Waals surface area contributed by atoms with Gasteiger partial charge in [-0.05, 0) is 20.3 Å². The van der Waals surface area contributed by atoms with Gasteiger partial charge in [-0.2, -0.15) is 0 Å². The molecule has 0 radical (unpaired) electrons. The summed E-state index contributed by atoms with van der Waals surface area (Å²) < 4.78 is 2.65. The largest absolute Gasteiger partial charge is 0.385 e. The van der Waals surface area contributed by atoms with Crippen LogP contribution in [0.2, 0.25) is 0 Å². The Hall–Kier alpha value is -1.52. The van der Waals surface area contributed by atoms with Crippen LogP contribution in [0.3, 0.4) is 0 Å². The average Bonchev–Trinajstić information content (AvgIpc) is 2.17. The maximum Gasteiger partial charge on any atom is 0.332 e.